The first-order valence-electron chi connectivity index (χ1n) is 9.62. The number of furan rings is 1. The van der Waals surface area contributed by atoms with E-state index in [1.165, 1.54) is 0 Å². The van der Waals surface area contributed by atoms with E-state index in [4.69, 9.17) is 32.0 Å². The van der Waals surface area contributed by atoms with Gasteiger partial charge >= 0.3 is 0 Å². The maximum absolute atomic E-state index is 6.09. The van der Waals surface area contributed by atoms with Gasteiger partial charge in [0.2, 0.25) is 5.89 Å². The lowest BCUT2D eigenvalue weighted by atomic mass is 10.2. The molecule has 0 saturated carbocycles. The van der Waals surface area contributed by atoms with Crippen LogP contribution in [-0.2, 0) is 0 Å². The molecular weight excluding hydrogens is 431 g/mol. The SMILES string of the molecule is Cc1ccc2nc(-c3ccc(N=Cc4ccc(-c5ccc(Cl)c(Cl)c5)o4)cc3)oc2c1. The maximum Gasteiger partial charge on any atom is 0.227 e. The number of oxazole rings is 1. The monoisotopic (exact) mass is 446 g/mol. The molecule has 0 spiro atoms. The van der Waals surface area contributed by atoms with Gasteiger partial charge in [-0.05, 0) is 79.2 Å². The zero-order valence-electron chi connectivity index (χ0n) is 16.5. The van der Waals surface area contributed by atoms with Crippen LogP contribution in [-0.4, -0.2) is 11.2 Å². The summed E-state index contributed by atoms with van der Waals surface area (Å²) in [5.74, 6) is 1.93. The van der Waals surface area contributed by atoms with Gasteiger partial charge < -0.3 is 8.83 Å². The molecule has 3 aromatic carbocycles. The van der Waals surface area contributed by atoms with Gasteiger partial charge in [0.05, 0.1) is 21.9 Å². The lowest BCUT2D eigenvalue weighted by Crippen LogP contribution is -1.78. The number of aromatic nitrogens is 1. The van der Waals surface area contributed by atoms with Crippen LogP contribution in [0.2, 0.25) is 10.0 Å². The minimum absolute atomic E-state index is 0.486. The van der Waals surface area contributed by atoms with Gasteiger partial charge in [-0.1, -0.05) is 29.3 Å². The third-order valence-corrected chi connectivity index (χ3v) is 5.57. The van der Waals surface area contributed by atoms with Crippen LogP contribution in [0.1, 0.15) is 11.3 Å². The zero-order chi connectivity index (χ0) is 21.4. The minimum Gasteiger partial charge on any atom is -0.455 e. The van der Waals surface area contributed by atoms with Gasteiger partial charge in [-0.3, -0.25) is 4.99 Å². The number of aliphatic imine (C=N–C) groups is 1. The summed E-state index contributed by atoms with van der Waals surface area (Å²) in [4.78, 5) is 9.04. The van der Waals surface area contributed by atoms with E-state index in [1.54, 1.807) is 18.3 Å². The average molecular weight is 447 g/mol. The van der Waals surface area contributed by atoms with E-state index in [0.717, 1.165) is 33.5 Å². The van der Waals surface area contributed by atoms with E-state index in [2.05, 4.69) is 9.98 Å². The fourth-order valence-corrected chi connectivity index (χ4v) is 3.51. The molecule has 152 valence electrons. The first-order valence-corrected chi connectivity index (χ1v) is 10.4. The van der Waals surface area contributed by atoms with Crippen LogP contribution in [0.15, 0.2) is 86.6 Å². The Bertz CT molecular complexity index is 1420. The summed E-state index contributed by atoms with van der Waals surface area (Å²) in [6.07, 6.45) is 1.68. The summed E-state index contributed by atoms with van der Waals surface area (Å²) in [5, 5.41) is 0.995. The second-order valence-electron chi connectivity index (χ2n) is 7.13. The van der Waals surface area contributed by atoms with Crippen LogP contribution in [0.25, 0.3) is 33.9 Å². The molecule has 0 unspecified atom stereocenters. The van der Waals surface area contributed by atoms with E-state index in [0.29, 0.717) is 27.5 Å². The number of nitrogens with zero attached hydrogens (tertiary/aromatic N) is 2. The predicted molar refractivity (Wildman–Crippen MR) is 126 cm³/mol. The van der Waals surface area contributed by atoms with E-state index in [1.807, 2.05) is 67.6 Å². The first kappa shape index (κ1) is 19.6. The molecule has 0 fully saturated rings. The minimum atomic E-state index is 0.486. The Morgan fingerprint density at radius 1 is 0.806 bits per heavy atom. The number of hydrogen-bond acceptors (Lipinski definition) is 4. The van der Waals surface area contributed by atoms with E-state index < -0.39 is 0 Å². The second kappa shape index (κ2) is 8.06. The fourth-order valence-electron chi connectivity index (χ4n) is 3.21. The van der Waals surface area contributed by atoms with Crippen molar-refractivity contribution in [3.8, 4) is 22.8 Å². The van der Waals surface area contributed by atoms with Crippen molar-refractivity contribution < 1.29 is 8.83 Å². The molecule has 0 aliphatic carbocycles. The van der Waals surface area contributed by atoms with Crippen LogP contribution in [0, 0.1) is 6.92 Å². The smallest absolute Gasteiger partial charge is 0.227 e. The van der Waals surface area contributed by atoms with Crippen LogP contribution in [0.4, 0.5) is 5.69 Å². The lowest BCUT2D eigenvalue weighted by molar-refractivity contribution is 0.575. The largest absolute Gasteiger partial charge is 0.455 e. The molecule has 0 aliphatic rings. The Balaban J connectivity index is 1.33. The Labute approximate surface area is 188 Å². The summed E-state index contributed by atoms with van der Waals surface area (Å²) in [6.45, 7) is 2.03. The summed E-state index contributed by atoms with van der Waals surface area (Å²) in [7, 11) is 0. The van der Waals surface area contributed by atoms with Crippen LogP contribution in [0.5, 0.6) is 0 Å². The van der Waals surface area contributed by atoms with Crippen LogP contribution >= 0.6 is 23.2 Å². The Morgan fingerprint density at radius 2 is 1.61 bits per heavy atom. The van der Waals surface area contributed by atoms with Gasteiger partial charge in [-0.25, -0.2) is 4.98 Å². The molecule has 0 saturated heterocycles. The fraction of sp³-hybridized carbons (Fsp3) is 0.0400. The van der Waals surface area contributed by atoms with Gasteiger partial charge in [0.1, 0.15) is 17.0 Å². The molecule has 4 nitrogen and oxygen atoms in total. The molecule has 0 radical (unpaired) electrons. The maximum atomic E-state index is 6.09. The number of fused-ring (bicyclic) bond motifs is 1. The molecule has 5 rings (SSSR count). The zero-order valence-corrected chi connectivity index (χ0v) is 18.0. The highest BCUT2D eigenvalue weighted by molar-refractivity contribution is 6.42. The van der Waals surface area contributed by atoms with E-state index in [9.17, 15) is 0 Å². The number of benzene rings is 3. The van der Waals surface area contributed by atoms with Crippen LogP contribution < -0.4 is 0 Å². The van der Waals surface area contributed by atoms with E-state index in [-0.39, 0.29) is 0 Å². The predicted octanol–water partition coefficient (Wildman–Crippen LogP) is 8.12. The van der Waals surface area contributed by atoms with Crippen molar-refractivity contribution in [3.63, 3.8) is 0 Å². The van der Waals surface area contributed by atoms with Crippen molar-refractivity contribution in [2.24, 2.45) is 4.99 Å². The molecule has 5 aromatic rings. The number of halogens is 2. The van der Waals surface area contributed by atoms with Crippen molar-refractivity contribution in [1.82, 2.24) is 4.98 Å². The van der Waals surface area contributed by atoms with Crippen molar-refractivity contribution in [2.45, 2.75) is 6.92 Å². The van der Waals surface area contributed by atoms with Crippen molar-refractivity contribution >= 4 is 46.2 Å². The van der Waals surface area contributed by atoms with Gasteiger partial charge in [0.25, 0.3) is 0 Å². The topological polar surface area (TPSA) is 51.5 Å². The highest BCUT2D eigenvalue weighted by atomic mass is 35.5. The molecule has 0 amide bonds. The van der Waals surface area contributed by atoms with Crippen molar-refractivity contribution in [3.05, 3.63) is 94.2 Å². The number of aryl methyl sites for hydroxylation is 1. The van der Waals surface area contributed by atoms with Crippen molar-refractivity contribution in [2.75, 3.05) is 0 Å². The normalized spacial score (nSPS) is 11.6. The molecule has 2 heterocycles. The third-order valence-electron chi connectivity index (χ3n) is 4.83. The van der Waals surface area contributed by atoms with Crippen LogP contribution in [0.3, 0.4) is 0 Å². The first-order chi connectivity index (χ1) is 15.0. The summed E-state index contributed by atoms with van der Waals surface area (Å²) < 4.78 is 11.7. The third kappa shape index (κ3) is 4.13. The quantitative estimate of drug-likeness (QED) is 0.262. The molecular formula is C25H16Cl2N2O2. The summed E-state index contributed by atoms with van der Waals surface area (Å²) >= 11 is 12.1. The van der Waals surface area contributed by atoms with Gasteiger partial charge in [-0.15, -0.1) is 0 Å². The van der Waals surface area contributed by atoms with Gasteiger partial charge in [0.15, 0.2) is 5.58 Å². The molecule has 0 aliphatic heterocycles. The molecule has 0 N–H and O–H groups in total. The van der Waals surface area contributed by atoms with E-state index >= 15 is 0 Å². The molecule has 0 bridgehead atoms. The van der Waals surface area contributed by atoms with Gasteiger partial charge in [0, 0.05) is 11.1 Å². The molecule has 2 aromatic heterocycles. The number of hydrogen-bond donors (Lipinski definition) is 0. The standard InChI is InChI=1S/C25H16Cl2N2O2/c1-15-2-10-22-24(12-15)31-25(29-22)16-3-6-18(7-4-16)28-14-19-8-11-23(30-19)17-5-9-20(26)21(27)13-17/h2-14H,1H3. The highest BCUT2D eigenvalue weighted by Crippen LogP contribution is 2.30. The molecule has 6 heteroatoms. The summed E-state index contributed by atoms with van der Waals surface area (Å²) in [6, 6.07) is 22.8. The Hall–Kier alpha value is -3.34. The molecule has 0 atom stereocenters. The summed E-state index contributed by atoms with van der Waals surface area (Å²) in [5.41, 5.74) is 5.31. The molecule has 31 heavy (non-hydrogen) atoms. The van der Waals surface area contributed by atoms with Crippen molar-refractivity contribution in [1.29, 1.82) is 0 Å². The highest BCUT2D eigenvalue weighted by Gasteiger charge is 2.09. The van der Waals surface area contributed by atoms with Gasteiger partial charge in [-0.2, -0.15) is 0 Å². The Morgan fingerprint density at radius 3 is 2.42 bits per heavy atom. The average Bonchev–Trinajstić information content (AvgIpc) is 3.41. The second-order valence-corrected chi connectivity index (χ2v) is 7.94. The Kier molecular flexibility index (Phi) is 5.10. The lowest BCUT2D eigenvalue weighted by Gasteiger charge is -1.99. The number of rotatable bonds is 4.